The van der Waals surface area contributed by atoms with E-state index in [0.29, 0.717) is 15.7 Å². The molecule has 0 radical (unpaired) electrons. The average Bonchev–Trinajstić information content (AvgIpc) is 3.23. The van der Waals surface area contributed by atoms with E-state index < -0.39 is 0 Å². The molecule has 0 bridgehead atoms. The van der Waals surface area contributed by atoms with E-state index in [-0.39, 0.29) is 11.7 Å². The maximum absolute atomic E-state index is 12.7. The molecule has 0 saturated heterocycles. The van der Waals surface area contributed by atoms with Crippen LogP contribution in [0.5, 0.6) is 0 Å². The van der Waals surface area contributed by atoms with Gasteiger partial charge < -0.3 is 4.42 Å². The van der Waals surface area contributed by atoms with Gasteiger partial charge in [-0.15, -0.1) is 11.3 Å². The monoisotopic (exact) mass is 410 g/mol. The fraction of sp³-hybridized carbons (Fsp3) is 0.182. The van der Waals surface area contributed by atoms with Crippen LogP contribution < -0.4 is 5.32 Å². The van der Waals surface area contributed by atoms with E-state index >= 15 is 0 Å². The van der Waals surface area contributed by atoms with Crippen LogP contribution in [0.25, 0.3) is 22.2 Å². The van der Waals surface area contributed by atoms with E-state index in [1.54, 1.807) is 18.2 Å². The molecule has 0 saturated carbocycles. The Morgan fingerprint density at radius 3 is 2.61 bits per heavy atom. The van der Waals surface area contributed by atoms with Gasteiger partial charge in [-0.3, -0.25) is 10.1 Å². The summed E-state index contributed by atoms with van der Waals surface area (Å²) in [6.07, 6.45) is 0. The molecule has 4 aromatic rings. The molecule has 0 atom stereocenters. The summed E-state index contributed by atoms with van der Waals surface area (Å²) in [6.45, 7) is 8.11. The highest BCUT2D eigenvalue weighted by Crippen LogP contribution is 2.31. The third-order valence-corrected chi connectivity index (χ3v) is 5.94. The number of amides is 1. The number of aromatic nitrogens is 1. The molecule has 2 heterocycles. The minimum atomic E-state index is -0.317. The van der Waals surface area contributed by atoms with Gasteiger partial charge in [0.15, 0.2) is 10.9 Å². The van der Waals surface area contributed by atoms with Gasteiger partial charge in [0, 0.05) is 26.9 Å². The number of thiazole rings is 1. The Balaban J connectivity index is 1.62. The van der Waals surface area contributed by atoms with E-state index in [1.807, 2.05) is 12.3 Å². The van der Waals surface area contributed by atoms with E-state index in [9.17, 15) is 4.79 Å². The summed E-state index contributed by atoms with van der Waals surface area (Å²) in [5.41, 5.74) is 6.97. The zero-order valence-electron chi connectivity index (χ0n) is 16.0. The maximum atomic E-state index is 12.7. The first-order chi connectivity index (χ1) is 13.3. The van der Waals surface area contributed by atoms with Crippen molar-refractivity contribution < 1.29 is 9.21 Å². The van der Waals surface area contributed by atoms with Crippen LogP contribution in [0.4, 0.5) is 5.13 Å². The molecule has 0 aliphatic carbocycles. The zero-order valence-corrected chi connectivity index (χ0v) is 17.6. The van der Waals surface area contributed by atoms with Gasteiger partial charge in [-0.1, -0.05) is 17.7 Å². The summed E-state index contributed by atoms with van der Waals surface area (Å²) in [4.78, 5) is 17.3. The number of benzene rings is 2. The lowest BCUT2D eigenvalue weighted by Crippen LogP contribution is -2.11. The van der Waals surface area contributed by atoms with Crippen molar-refractivity contribution in [2.24, 2.45) is 0 Å². The van der Waals surface area contributed by atoms with Crippen LogP contribution in [-0.4, -0.2) is 10.9 Å². The summed E-state index contributed by atoms with van der Waals surface area (Å²) >= 11 is 7.45. The highest BCUT2D eigenvalue weighted by atomic mass is 35.5. The SMILES string of the molecule is Cc1cc(C)c(-c2csc(NC(=O)c3oc4ccc(Cl)cc4c3C)n2)cc1C. The van der Waals surface area contributed by atoms with E-state index in [0.717, 1.165) is 27.8 Å². The van der Waals surface area contributed by atoms with Crippen molar-refractivity contribution in [1.82, 2.24) is 4.98 Å². The summed E-state index contributed by atoms with van der Waals surface area (Å²) in [7, 11) is 0. The number of halogens is 1. The zero-order chi connectivity index (χ0) is 20.0. The van der Waals surface area contributed by atoms with Crippen molar-refractivity contribution in [3.8, 4) is 11.3 Å². The molecule has 2 aromatic carbocycles. The lowest BCUT2D eigenvalue weighted by atomic mass is 9.99. The highest BCUT2D eigenvalue weighted by Gasteiger charge is 2.19. The lowest BCUT2D eigenvalue weighted by molar-refractivity contribution is 0.0998. The number of aryl methyl sites for hydroxylation is 4. The molecule has 4 nitrogen and oxygen atoms in total. The van der Waals surface area contributed by atoms with Gasteiger partial charge in [0.25, 0.3) is 5.91 Å². The second-order valence-electron chi connectivity index (χ2n) is 6.94. The molecule has 6 heteroatoms. The van der Waals surface area contributed by atoms with E-state index in [1.165, 1.54) is 22.5 Å². The number of anilines is 1. The summed E-state index contributed by atoms with van der Waals surface area (Å²) in [5.74, 6) is -0.0427. The predicted octanol–water partition coefficient (Wildman–Crippen LogP) is 6.70. The fourth-order valence-electron chi connectivity index (χ4n) is 3.25. The maximum Gasteiger partial charge on any atom is 0.293 e. The molecule has 0 aliphatic heterocycles. The molecule has 0 aliphatic rings. The minimum absolute atomic E-state index is 0.274. The molecule has 28 heavy (non-hydrogen) atoms. The van der Waals surface area contributed by atoms with Crippen LogP contribution in [0.15, 0.2) is 40.1 Å². The van der Waals surface area contributed by atoms with Crippen LogP contribution in [0.3, 0.4) is 0 Å². The van der Waals surface area contributed by atoms with Gasteiger partial charge in [-0.05, 0) is 68.7 Å². The normalized spacial score (nSPS) is 11.2. The minimum Gasteiger partial charge on any atom is -0.451 e. The van der Waals surface area contributed by atoms with Gasteiger partial charge in [-0.2, -0.15) is 0 Å². The molecule has 0 fully saturated rings. The van der Waals surface area contributed by atoms with Gasteiger partial charge >= 0.3 is 0 Å². The van der Waals surface area contributed by atoms with E-state index in [2.05, 4.69) is 43.2 Å². The molecule has 1 N–H and O–H groups in total. The molecule has 1 amide bonds. The second kappa shape index (κ2) is 7.08. The third-order valence-electron chi connectivity index (χ3n) is 4.95. The Morgan fingerprint density at radius 2 is 1.82 bits per heavy atom. The Hall–Kier alpha value is -2.63. The number of nitrogens with one attached hydrogen (secondary N) is 1. The van der Waals surface area contributed by atoms with Crippen LogP contribution >= 0.6 is 22.9 Å². The lowest BCUT2D eigenvalue weighted by Gasteiger charge is -2.07. The molecule has 142 valence electrons. The molecule has 4 rings (SSSR count). The van der Waals surface area contributed by atoms with Crippen molar-refractivity contribution in [2.45, 2.75) is 27.7 Å². The summed E-state index contributed by atoms with van der Waals surface area (Å²) < 4.78 is 5.73. The predicted molar refractivity (Wildman–Crippen MR) is 116 cm³/mol. The molecule has 2 aromatic heterocycles. The van der Waals surface area contributed by atoms with Crippen molar-refractivity contribution in [3.63, 3.8) is 0 Å². The number of nitrogens with zero attached hydrogens (tertiary/aromatic N) is 1. The number of furan rings is 1. The topological polar surface area (TPSA) is 55.1 Å². The molecule has 0 spiro atoms. The van der Waals surface area contributed by atoms with Crippen molar-refractivity contribution in [1.29, 1.82) is 0 Å². The standard InChI is InChI=1S/C22H19ClN2O2S/c1-11-7-13(3)16(8-12(11)2)18-10-28-22(24-18)25-21(26)20-14(4)17-9-15(23)5-6-19(17)27-20/h5-10H,1-4H3,(H,24,25,26). The summed E-state index contributed by atoms with van der Waals surface area (Å²) in [6, 6.07) is 9.61. The molecular weight excluding hydrogens is 392 g/mol. The Labute approximate surface area is 172 Å². The summed E-state index contributed by atoms with van der Waals surface area (Å²) in [5, 5.41) is 6.79. The highest BCUT2D eigenvalue weighted by molar-refractivity contribution is 7.14. The number of carbonyl (C=O) groups is 1. The third kappa shape index (κ3) is 3.32. The number of carbonyl (C=O) groups excluding carboxylic acids is 1. The van der Waals surface area contributed by atoms with Crippen molar-refractivity contribution in [2.75, 3.05) is 5.32 Å². The second-order valence-corrected chi connectivity index (χ2v) is 8.23. The number of hydrogen-bond acceptors (Lipinski definition) is 4. The smallest absolute Gasteiger partial charge is 0.293 e. The average molecular weight is 411 g/mol. The first kappa shape index (κ1) is 18.7. The Morgan fingerprint density at radius 1 is 1.07 bits per heavy atom. The molecular formula is C22H19ClN2O2S. The number of hydrogen-bond donors (Lipinski definition) is 1. The van der Waals surface area contributed by atoms with Crippen molar-refractivity contribution >= 4 is 44.9 Å². The van der Waals surface area contributed by atoms with Gasteiger partial charge in [-0.25, -0.2) is 4.98 Å². The van der Waals surface area contributed by atoms with Crippen LogP contribution in [0.2, 0.25) is 5.02 Å². The Bertz CT molecular complexity index is 1220. The van der Waals surface area contributed by atoms with Crippen LogP contribution in [0.1, 0.15) is 32.8 Å². The quantitative estimate of drug-likeness (QED) is 0.409. The van der Waals surface area contributed by atoms with E-state index in [4.69, 9.17) is 16.0 Å². The van der Waals surface area contributed by atoms with Crippen LogP contribution in [0, 0.1) is 27.7 Å². The first-order valence-corrected chi connectivity index (χ1v) is 10.1. The van der Waals surface area contributed by atoms with Gasteiger partial charge in [0.1, 0.15) is 5.58 Å². The fourth-order valence-corrected chi connectivity index (χ4v) is 4.13. The largest absolute Gasteiger partial charge is 0.451 e. The van der Waals surface area contributed by atoms with Gasteiger partial charge in [0.2, 0.25) is 0 Å². The van der Waals surface area contributed by atoms with Crippen LogP contribution in [-0.2, 0) is 0 Å². The number of fused-ring (bicyclic) bond motifs is 1. The molecule has 0 unspecified atom stereocenters. The number of rotatable bonds is 3. The van der Waals surface area contributed by atoms with Gasteiger partial charge in [0.05, 0.1) is 5.69 Å². The first-order valence-electron chi connectivity index (χ1n) is 8.87. The van der Waals surface area contributed by atoms with Crippen molar-refractivity contribution in [3.05, 3.63) is 68.7 Å². The Kier molecular flexibility index (Phi) is 4.73.